The van der Waals surface area contributed by atoms with Crippen molar-refractivity contribution < 1.29 is 27.5 Å². The molecule has 0 unspecified atom stereocenters. The smallest absolute Gasteiger partial charge is 0.364 e. The molecule has 0 fully saturated rings. The van der Waals surface area contributed by atoms with E-state index in [1.165, 1.54) is 20.2 Å². The van der Waals surface area contributed by atoms with Gasteiger partial charge in [0, 0.05) is 18.8 Å². The number of rotatable bonds is 6. The number of carbonyl (C=O) groups is 2. The van der Waals surface area contributed by atoms with Crippen molar-refractivity contribution in [2.75, 3.05) is 20.0 Å². The summed E-state index contributed by atoms with van der Waals surface area (Å²) in [6.45, 7) is 2.42. The molecule has 122 valence electrons. The monoisotopic (exact) mass is 333 g/mol. The van der Waals surface area contributed by atoms with Crippen molar-refractivity contribution in [2.24, 2.45) is 0 Å². The standard InChI is InChI=1S/C14H18F3NO3Si/c1-21-9-18(12(19)11-7-5-4-6-8-11)10-22(2,3)13(20)14(15,16)17/h4-8H,9-10H2,1-3H3. The first kappa shape index (κ1) is 18.4. The zero-order chi connectivity index (χ0) is 17.0. The van der Waals surface area contributed by atoms with Gasteiger partial charge >= 0.3 is 6.18 Å². The van der Waals surface area contributed by atoms with E-state index in [0.29, 0.717) is 5.56 Å². The zero-order valence-corrected chi connectivity index (χ0v) is 13.6. The molecule has 1 aromatic rings. The normalized spacial score (nSPS) is 12.1. The maximum Gasteiger partial charge on any atom is 0.445 e. The molecule has 0 aliphatic carbocycles. The van der Waals surface area contributed by atoms with E-state index in [9.17, 15) is 22.8 Å². The number of hydrogen-bond donors (Lipinski definition) is 0. The van der Waals surface area contributed by atoms with Crippen molar-refractivity contribution in [3.05, 3.63) is 35.9 Å². The number of carbonyl (C=O) groups excluding carboxylic acids is 2. The molecule has 0 radical (unpaired) electrons. The lowest BCUT2D eigenvalue weighted by molar-refractivity contribution is -0.162. The molecule has 0 N–H and O–H groups in total. The highest BCUT2D eigenvalue weighted by Crippen LogP contribution is 2.23. The lowest BCUT2D eigenvalue weighted by Crippen LogP contribution is -2.55. The van der Waals surface area contributed by atoms with E-state index in [-0.39, 0.29) is 12.9 Å². The Balaban J connectivity index is 2.97. The minimum atomic E-state index is -4.88. The topological polar surface area (TPSA) is 46.6 Å². The minimum absolute atomic E-state index is 0.171. The summed E-state index contributed by atoms with van der Waals surface area (Å²) in [6.07, 6.45) is -5.14. The fraction of sp³-hybridized carbons (Fsp3) is 0.429. The van der Waals surface area contributed by atoms with Gasteiger partial charge < -0.3 is 9.64 Å². The summed E-state index contributed by atoms with van der Waals surface area (Å²) in [5.74, 6) is -0.460. The predicted octanol–water partition coefficient (Wildman–Crippen LogP) is 2.65. The first-order valence-corrected chi connectivity index (χ1v) is 9.75. The highest BCUT2D eigenvalue weighted by atomic mass is 28.3. The van der Waals surface area contributed by atoms with Crippen molar-refractivity contribution in [1.29, 1.82) is 0 Å². The third kappa shape index (κ3) is 4.67. The Labute approximate surface area is 127 Å². The number of nitrogens with zero attached hydrogens (tertiary/aromatic N) is 1. The van der Waals surface area contributed by atoms with Crippen LogP contribution in [-0.4, -0.2) is 50.5 Å². The molecule has 4 nitrogen and oxygen atoms in total. The Morgan fingerprint density at radius 2 is 1.73 bits per heavy atom. The summed E-state index contributed by atoms with van der Waals surface area (Å²) < 4.78 is 42.9. The molecule has 22 heavy (non-hydrogen) atoms. The molecule has 0 heterocycles. The number of halogens is 3. The van der Waals surface area contributed by atoms with Crippen molar-refractivity contribution in [3.8, 4) is 0 Å². The zero-order valence-electron chi connectivity index (χ0n) is 12.6. The van der Waals surface area contributed by atoms with Crippen LogP contribution in [0.25, 0.3) is 0 Å². The summed E-state index contributed by atoms with van der Waals surface area (Å²) in [5.41, 5.74) is 0.337. The van der Waals surface area contributed by atoms with E-state index in [4.69, 9.17) is 4.74 Å². The predicted molar refractivity (Wildman–Crippen MR) is 77.9 cm³/mol. The largest absolute Gasteiger partial charge is 0.445 e. The molecule has 8 heteroatoms. The average Bonchev–Trinajstić information content (AvgIpc) is 2.45. The van der Waals surface area contributed by atoms with Gasteiger partial charge in [0.25, 0.3) is 5.91 Å². The van der Waals surface area contributed by atoms with Crippen molar-refractivity contribution in [2.45, 2.75) is 19.3 Å². The summed E-state index contributed by atoms with van der Waals surface area (Å²) >= 11 is 0. The Morgan fingerprint density at radius 1 is 1.18 bits per heavy atom. The molecule has 1 amide bonds. The highest BCUT2D eigenvalue weighted by molar-refractivity contribution is 7.05. The van der Waals surface area contributed by atoms with Gasteiger partial charge in [-0.3, -0.25) is 9.59 Å². The average molecular weight is 333 g/mol. The summed E-state index contributed by atoms with van der Waals surface area (Å²) in [5, 5.41) is -1.73. The molecule has 0 aromatic heterocycles. The Morgan fingerprint density at radius 3 is 2.18 bits per heavy atom. The van der Waals surface area contributed by atoms with Crippen LogP contribution in [0.3, 0.4) is 0 Å². The Bertz CT molecular complexity index is 532. The van der Waals surface area contributed by atoms with Crippen LogP contribution in [0, 0.1) is 0 Å². The number of ether oxygens (including phenoxy) is 1. The van der Waals surface area contributed by atoms with Crippen LogP contribution in [0.4, 0.5) is 13.2 Å². The van der Waals surface area contributed by atoms with Crippen LogP contribution in [0.15, 0.2) is 30.3 Å². The first-order valence-electron chi connectivity index (χ1n) is 6.54. The van der Waals surface area contributed by atoms with Crippen LogP contribution in [0.1, 0.15) is 10.4 Å². The molecule has 1 rings (SSSR count). The van der Waals surface area contributed by atoms with Gasteiger partial charge in [-0.2, -0.15) is 13.2 Å². The first-order chi connectivity index (χ1) is 10.1. The van der Waals surface area contributed by atoms with Gasteiger partial charge in [0.05, 0.1) is 0 Å². The summed E-state index contributed by atoms with van der Waals surface area (Å²) in [4.78, 5) is 25.0. The summed E-state index contributed by atoms with van der Waals surface area (Å²) in [6, 6.07) is 8.16. The van der Waals surface area contributed by atoms with Gasteiger partial charge in [-0.15, -0.1) is 0 Å². The van der Waals surface area contributed by atoms with E-state index in [2.05, 4.69) is 0 Å². The third-order valence-corrected chi connectivity index (χ3v) is 5.74. The molecule has 1 aromatic carbocycles. The van der Waals surface area contributed by atoms with Crippen LogP contribution in [0.5, 0.6) is 0 Å². The second-order valence-corrected chi connectivity index (χ2v) is 10.0. The molecule has 0 spiro atoms. The molecule has 0 aliphatic rings. The number of hydrogen-bond acceptors (Lipinski definition) is 3. The molecule has 0 saturated heterocycles. The molecule has 0 atom stereocenters. The second kappa shape index (κ2) is 7.06. The van der Waals surface area contributed by atoms with E-state index in [0.717, 1.165) is 4.90 Å². The fourth-order valence-corrected chi connectivity index (χ4v) is 4.13. The van der Waals surface area contributed by atoms with Gasteiger partial charge in [-0.1, -0.05) is 31.3 Å². The van der Waals surface area contributed by atoms with Crippen molar-refractivity contribution in [3.63, 3.8) is 0 Å². The number of amides is 1. The van der Waals surface area contributed by atoms with Gasteiger partial charge in [0.1, 0.15) is 6.73 Å². The van der Waals surface area contributed by atoms with E-state index in [1.807, 2.05) is 0 Å². The van der Waals surface area contributed by atoms with Gasteiger partial charge in [-0.25, -0.2) is 0 Å². The van der Waals surface area contributed by atoms with Crippen molar-refractivity contribution >= 4 is 19.4 Å². The fourth-order valence-electron chi connectivity index (χ4n) is 2.03. The maximum atomic E-state index is 12.7. The molecule has 0 bridgehead atoms. The van der Waals surface area contributed by atoms with E-state index < -0.39 is 25.6 Å². The third-order valence-electron chi connectivity index (χ3n) is 3.05. The van der Waals surface area contributed by atoms with Crippen LogP contribution in [-0.2, 0) is 9.53 Å². The van der Waals surface area contributed by atoms with Gasteiger partial charge in [0.2, 0.25) is 5.41 Å². The van der Waals surface area contributed by atoms with Gasteiger partial charge in [0.15, 0.2) is 8.07 Å². The van der Waals surface area contributed by atoms with Crippen LogP contribution < -0.4 is 0 Å². The minimum Gasteiger partial charge on any atom is -0.364 e. The van der Waals surface area contributed by atoms with Crippen LogP contribution >= 0.6 is 0 Å². The lowest BCUT2D eigenvalue weighted by Gasteiger charge is -2.30. The van der Waals surface area contributed by atoms with E-state index in [1.54, 1.807) is 30.3 Å². The summed E-state index contributed by atoms with van der Waals surface area (Å²) in [7, 11) is -2.04. The molecular weight excluding hydrogens is 315 g/mol. The Kier molecular flexibility index (Phi) is 5.90. The van der Waals surface area contributed by atoms with E-state index >= 15 is 0 Å². The molecule has 0 aliphatic heterocycles. The highest BCUT2D eigenvalue weighted by Gasteiger charge is 2.50. The number of alkyl halides is 3. The Hall–Kier alpha value is -1.67. The SMILES string of the molecule is COCN(C[Si](C)(C)C(=O)C(F)(F)F)C(=O)c1ccccc1. The second-order valence-electron chi connectivity index (χ2n) is 5.50. The number of benzene rings is 1. The maximum absolute atomic E-state index is 12.7. The van der Waals surface area contributed by atoms with Crippen LogP contribution in [0.2, 0.25) is 13.1 Å². The molecular formula is C14H18F3NO3Si. The van der Waals surface area contributed by atoms with Gasteiger partial charge in [-0.05, 0) is 12.1 Å². The number of methoxy groups -OCH3 is 1. The quantitative estimate of drug-likeness (QED) is 0.594. The molecule has 0 saturated carbocycles. The van der Waals surface area contributed by atoms with Crippen molar-refractivity contribution in [1.82, 2.24) is 4.90 Å². The lowest BCUT2D eigenvalue weighted by atomic mass is 10.2.